The number of rotatable bonds is 19. The van der Waals surface area contributed by atoms with E-state index in [9.17, 15) is 34.2 Å². The minimum Gasteiger partial charge on any atom is -0.481 e. The second-order valence-electron chi connectivity index (χ2n) is 8.76. The predicted octanol–water partition coefficient (Wildman–Crippen LogP) is -2.44. The Kier molecular flexibility index (Phi) is 16.2. The number of guanidine groups is 1. The summed E-state index contributed by atoms with van der Waals surface area (Å²) in [7, 11) is 0. The summed E-state index contributed by atoms with van der Waals surface area (Å²) < 4.78 is 0. The van der Waals surface area contributed by atoms with Crippen LogP contribution in [0.2, 0.25) is 0 Å². The van der Waals surface area contributed by atoms with E-state index < -0.39 is 60.2 Å². The van der Waals surface area contributed by atoms with Crippen LogP contribution < -0.4 is 38.9 Å². The molecule has 0 aliphatic rings. The maximum absolute atomic E-state index is 13.0. The molecule has 37 heavy (non-hydrogen) atoms. The van der Waals surface area contributed by atoms with E-state index in [1.165, 1.54) is 0 Å². The molecule has 0 spiro atoms. The summed E-state index contributed by atoms with van der Waals surface area (Å²) in [6.45, 7) is 4.05. The second kappa shape index (κ2) is 17.9. The smallest absolute Gasteiger partial charge is 0.326 e. The molecule has 0 bridgehead atoms. The molecule has 0 aromatic heterocycles. The average molecular weight is 531 g/mol. The molecule has 0 aliphatic carbocycles. The zero-order valence-corrected chi connectivity index (χ0v) is 21.4. The molecule has 5 atom stereocenters. The third-order valence-corrected chi connectivity index (χ3v) is 5.71. The number of nitrogens with one attached hydrogen (secondary N) is 3. The van der Waals surface area contributed by atoms with E-state index in [1.54, 1.807) is 6.92 Å². The summed E-state index contributed by atoms with van der Waals surface area (Å²) in [6, 6.07) is -4.97. The summed E-state index contributed by atoms with van der Waals surface area (Å²) >= 11 is 0. The molecule has 0 heterocycles. The number of aliphatic carboxylic acids is 2. The first-order valence-electron chi connectivity index (χ1n) is 12.2. The van der Waals surface area contributed by atoms with Gasteiger partial charge in [0.2, 0.25) is 17.7 Å². The lowest BCUT2D eigenvalue weighted by Crippen LogP contribution is -2.58. The first-order valence-corrected chi connectivity index (χ1v) is 12.2. The van der Waals surface area contributed by atoms with Gasteiger partial charge in [0.25, 0.3) is 0 Å². The number of hydrogen-bond acceptors (Lipinski definition) is 8. The van der Waals surface area contributed by atoms with Crippen LogP contribution in [0, 0.1) is 5.92 Å². The zero-order valence-electron chi connectivity index (χ0n) is 21.4. The minimum atomic E-state index is -1.52. The molecule has 0 radical (unpaired) electrons. The van der Waals surface area contributed by atoms with Crippen LogP contribution in [0.25, 0.3) is 0 Å². The van der Waals surface area contributed by atoms with E-state index in [2.05, 4.69) is 20.9 Å². The number of carboxylic acid groups (broad SMARTS) is 2. The van der Waals surface area contributed by atoms with Gasteiger partial charge in [0, 0.05) is 6.54 Å². The van der Waals surface area contributed by atoms with Crippen LogP contribution in [-0.4, -0.2) is 83.1 Å². The Morgan fingerprint density at radius 1 is 0.838 bits per heavy atom. The lowest BCUT2D eigenvalue weighted by molar-refractivity contribution is -0.143. The van der Waals surface area contributed by atoms with Crippen molar-refractivity contribution in [2.24, 2.45) is 33.8 Å². The molecule has 5 unspecified atom stereocenters. The van der Waals surface area contributed by atoms with Crippen molar-refractivity contribution in [2.75, 3.05) is 13.1 Å². The number of aliphatic imine (C=N–C) groups is 1. The van der Waals surface area contributed by atoms with Gasteiger partial charge in [0.05, 0.1) is 12.5 Å². The fraction of sp³-hybridized carbons (Fsp3) is 0.727. The highest BCUT2D eigenvalue weighted by atomic mass is 16.4. The van der Waals surface area contributed by atoms with Gasteiger partial charge in [0.15, 0.2) is 5.96 Å². The molecule has 15 nitrogen and oxygen atoms in total. The van der Waals surface area contributed by atoms with Crippen molar-refractivity contribution in [1.29, 1.82) is 0 Å². The molecule has 0 saturated heterocycles. The quantitative estimate of drug-likeness (QED) is 0.0480. The number of carboxylic acids is 2. The van der Waals surface area contributed by atoms with Gasteiger partial charge in [-0.2, -0.15) is 0 Å². The SMILES string of the molecule is CCC(C)C(N)C(=O)NC(CC(=O)O)C(=O)NC(CCCN=C(N)N)C(=O)NC(CCCCN)C(=O)O. The Balaban J connectivity index is 5.66. The number of carbonyl (C=O) groups is 5. The van der Waals surface area contributed by atoms with Gasteiger partial charge in [-0.05, 0) is 44.6 Å². The number of amides is 3. The summed E-state index contributed by atoms with van der Waals surface area (Å²) in [4.78, 5) is 65.1. The molecule has 0 aromatic rings. The van der Waals surface area contributed by atoms with Gasteiger partial charge < -0.3 is 49.1 Å². The molecular formula is C22H42N8O7. The highest BCUT2D eigenvalue weighted by Crippen LogP contribution is 2.08. The molecule has 0 fully saturated rings. The fourth-order valence-corrected chi connectivity index (χ4v) is 3.23. The molecule has 3 amide bonds. The van der Waals surface area contributed by atoms with Crippen molar-refractivity contribution >= 4 is 35.6 Å². The van der Waals surface area contributed by atoms with Gasteiger partial charge >= 0.3 is 11.9 Å². The van der Waals surface area contributed by atoms with Crippen molar-refractivity contribution < 1.29 is 34.2 Å². The van der Waals surface area contributed by atoms with Crippen molar-refractivity contribution in [2.45, 2.75) is 83.0 Å². The standard InChI is InChI=1S/C22H42N8O7/c1-3-12(2)17(24)20(35)30-15(11-16(31)32)19(34)28-13(8-6-10-27-22(25)26)18(33)29-14(21(36)37)7-4-5-9-23/h12-15,17H,3-11,23-24H2,1-2H3,(H,28,34)(H,29,33)(H,30,35)(H,31,32)(H,36,37)(H4,25,26,27). The number of nitrogens with zero attached hydrogens (tertiary/aromatic N) is 1. The molecule has 13 N–H and O–H groups in total. The van der Waals surface area contributed by atoms with Gasteiger partial charge in [-0.25, -0.2) is 4.79 Å². The van der Waals surface area contributed by atoms with Crippen molar-refractivity contribution in [3.63, 3.8) is 0 Å². The van der Waals surface area contributed by atoms with E-state index in [0.717, 1.165) is 0 Å². The molecule has 0 rings (SSSR count). The molecule has 212 valence electrons. The van der Waals surface area contributed by atoms with E-state index in [4.69, 9.17) is 22.9 Å². The van der Waals surface area contributed by atoms with Crippen LogP contribution >= 0.6 is 0 Å². The second-order valence-corrected chi connectivity index (χ2v) is 8.76. The lowest BCUT2D eigenvalue weighted by Gasteiger charge is -2.25. The zero-order chi connectivity index (χ0) is 28.5. The van der Waals surface area contributed by atoms with Crippen LogP contribution in [0.4, 0.5) is 0 Å². The summed E-state index contributed by atoms with van der Waals surface area (Å²) in [5.41, 5.74) is 21.9. The molecule has 0 aromatic carbocycles. The van der Waals surface area contributed by atoms with E-state index in [-0.39, 0.29) is 37.7 Å². The van der Waals surface area contributed by atoms with Crippen LogP contribution in [-0.2, 0) is 24.0 Å². The monoisotopic (exact) mass is 530 g/mol. The highest BCUT2D eigenvalue weighted by Gasteiger charge is 2.32. The predicted molar refractivity (Wildman–Crippen MR) is 136 cm³/mol. The molecule has 0 aliphatic heterocycles. The van der Waals surface area contributed by atoms with Gasteiger partial charge in [-0.1, -0.05) is 20.3 Å². The Labute approximate surface area is 216 Å². The number of unbranched alkanes of at least 4 members (excludes halogenated alkanes) is 1. The van der Waals surface area contributed by atoms with E-state index >= 15 is 0 Å². The Hall–Kier alpha value is -3.46. The van der Waals surface area contributed by atoms with Gasteiger partial charge in [0.1, 0.15) is 18.1 Å². The molecular weight excluding hydrogens is 488 g/mol. The Bertz CT molecular complexity index is 804. The number of nitrogens with two attached hydrogens (primary N) is 4. The van der Waals surface area contributed by atoms with Gasteiger partial charge in [-0.15, -0.1) is 0 Å². The van der Waals surface area contributed by atoms with Crippen molar-refractivity contribution in [1.82, 2.24) is 16.0 Å². The Morgan fingerprint density at radius 2 is 1.38 bits per heavy atom. The molecule has 15 heteroatoms. The summed E-state index contributed by atoms with van der Waals surface area (Å²) in [5, 5.41) is 25.8. The average Bonchev–Trinajstić information content (AvgIpc) is 2.82. The van der Waals surface area contributed by atoms with E-state index in [1.807, 2.05) is 6.92 Å². The summed E-state index contributed by atoms with van der Waals surface area (Å²) in [6.07, 6.45) is 1.20. The van der Waals surface area contributed by atoms with Crippen molar-refractivity contribution in [3.05, 3.63) is 0 Å². The topological polar surface area (TPSA) is 278 Å². The molecule has 0 saturated carbocycles. The minimum absolute atomic E-state index is 0.00358. The van der Waals surface area contributed by atoms with Crippen LogP contribution in [0.5, 0.6) is 0 Å². The number of hydrogen-bond donors (Lipinski definition) is 9. The normalized spacial score (nSPS) is 14.8. The van der Waals surface area contributed by atoms with Crippen LogP contribution in [0.3, 0.4) is 0 Å². The maximum atomic E-state index is 13.0. The third-order valence-electron chi connectivity index (χ3n) is 5.71. The maximum Gasteiger partial charge on any atom is 0.326 e. The van der Waals surface area contributed by atoms with Crippen molar-refractivity contribution in [3.8, 4) is 0 Å². The highest BCUT2D eigenvalue weighted by molar-refractivity contribution is 5.95. The van der Waals surface area contributed by atoms with Crippen LogP contribution in [0.1, 0.15) is 58.8 Å². The number of carbonyl (C=O) groups excluding carboxylic acids is 3. The van der Waals surface area contributed by atoms with Crippen LogP contribution in [0.15, 0.2) is 4.99 Å². The largest absolute Gasteiger partial charge is 0.481 e. The first kappa shape index (κ1) is 33.5. The van der Waals surface area contributed by atoms with E-state index in [0.29, 0.717) is 25.8 Å². The Morgan fingerprint density at radius 3 is 1.89 bits per heavy atom. The fourth-order valence-electron chi connectivity index (χ4n) is 3.23. The third kappa shape index (κ3) is 14.0. The first-order chi connectivity index (χ1) is 17.3. The van der Waals surface area contributed by atoms with Gasteiger partial charge in [-0.3, -0.25) is 24.2 Å². The lowest BCUT2D eigenvalue weighted by atomic mass is 9.99. The summed E-state index contributed by atoms with van der Waals surface area (Å²) in [5.74, 6) is -5.47.